The van der Waals surface area contributed by atoms with Crippen LogP contribution < -0.4 is 11.1 Å². The summed E-state index contributed by atoms with van der Waals surface area (Å²) < 4.78 is 9.16. The Labute approximate surface area is 245 Å². The van der Waals surface area contributed by atoms with Crippen LogP contribution in [0.5, 0.6) is 0 Å². The van der Waals surface area contributed by atoms with E-state index in [0.29, 0.717) is 16.9 Å². The van der Waals surface area contributed by atoms with E-state index in [1.54, 1.807) is 76.2 Å². The molecule has 0 aliphatic heterocycles. The number of carbonyl (C=O) groups is 6. The number of hydrogen-bond donors (Lipinski definition) is 2. The van der Waals surface area contributed by atoms with Crippen LogP contribution in [0.25, 0.3) is 0 Å². The Hall–Kier alpha value is -4.05. The molecule has 1 amide bonds. The van der Waals surface area contributed by atoms with E-state index in [9.17, 15) is 28.8 Å². The van der Waals surface area contributed by atoms with Gasteiger partial charge in [0, 0.05) is 23.9 Å². The molecule has 41 heavy (non-hydrogen) atoms. The lowest BCUT2D eigenvalue weighted by atomic mass is 9.86. The average Bonchev–Trinajstić information content (AvgIpc) is 2.87. The first-order valence-electron chi connectivity index (χ1n) is 12.5. The second-order valence-electron chi connectivity index (χ2n) is 10.4. The first-order chi connectivity index (χ1) is 18.9. The average molecular weight is 591 g/mol. The predicted octanol–water partition coefficient (Wildman–Crippen LogP) is 5.23. The number of halogens is 1. The number of carbonyl (C=O) groups excluding carboxylic acids is 6. The van der Waals surface area contributed by atoms with Crippen LogP contribution in [0.2, 0.25) is 0 Å². The first kappa shape index (κ1) is 37.0. The SMILES string of the molecule is CC(=O)CC(C)(C)C(=O)Cl.COC(=O)c1ccccc1N.COC(=O)c1ccccc1NC(=O)C(C)(C)CC(C)=O. The summed E-state index contributed by atoms with van der Waals surface area (Å²) in [7, 11) is 2.61. The molecular weight excluding hydrogens is 552 g/mol. The van der Waals surface area contributed by atoms with Gasteiger partial charge in [0.05, 0.1) is 36.4 Å². The number of nitrogens with two attached hydrogens (primary N) is 1. The lowest BCUT2D eigenvalue weighted by Crippen LogP contribution is -2.33. The van der Waals surface area contributed by atoms with E-state index in [4.69, 9.17) is 17.3 Å². The van der Waals surface area contributed by atoms with Gasteiger partial charge in [-0.2, -0.15) is 0 Å². The molecule has 0 atom stereocenters. The first-order valence-corrected chi connectivity index (χ1v) is 12.9. The fraction of sp³-hybridized carbons (Fsp3) is 0.400. The van der Waals surface area contributed by atoms with Gasteiger partial charge in [-0.3, -0.25) is 19.2 Å². The van der Waals surface area contributed by atoms with Crippen LogP contribution in [0.4, 0.5) is 11.4 Å². The normalized spacial score (nSPS) is 10.5. The summed E-state index contributed by atoms with van der Waals surface area (Å²) in [4.78, 5) is 67.1. The van der Waals surface area contributed by atoms with Crippen molar-refractivity contribution < 1.29 is 38.2 Å². The number of methoxy groups -OCH3 is 2. The molecule has 0 aliphatic rings. The van der Waals surface area contributed by atoms with Crippen molar-refractivity contribution in [3.05, 3.63) is 59.7 Å². The highest BCUT2D eigenvalue weighted by atomic mass is 35.5. The van der Waals surface area contributed by atoms with Gasteiger partial charge in [0.15, 0.2) is 0 Å². The molecule has 0 unspecified atom stereocenters. The molecular formula is C30H39ClN2O8. The molecule has 0 spiro atoms. The van der Waals surface area contributed by atoms with Crippen molar-refractivity contribution >= 4 is 57.6 Å². The lowest BCUT2D eigenvalue weighted by Gasteiger charge is -2.22. The fourth-order valence-electron chi connectivity index (χ4n) is 3.36. The van der Waals surface area contributed by atoms with Crippen molar-refractivity contribution in [1.29, 1.82) is 0 Å². The molecule has 0 saturated carbocycles. The molecule has 0 radical (unpaired) electrons. The monoisotopic (exact) mass is 590 g/mol. The highest BCUT2D eigenvalue weighted by molar-refractivity contribution is 6.64. The number of para-hydroxylation sites is 2. The number of esters is 2. The van der Waals surface area contributed by atoms with E-state index in [2.05, 4.69) is 14.8 Å². The molecule has 11 heteroatoms. The largest absolute Gasteiger partial charge is 0.465 e. The van der Waals surface area contributed by atoms with Crippen LogP contribution in [0, 0.1) is 10.8 Å². The number of anilines is 2. The second kappa shape index (κ2) is 16.9. The summed E-state index contributed by atoms with van der Waals surface area (Å²) in [6, 6.07) is 13.4. The van der Waals surface area contributed by atoms with Crippen molar-refractivity contribution in [1.82, 2.24) is 0 Å². The summed E-state index contributed by atoms with van der Waals surface area (Å²) >= 11 is 5.22. The molecule has 0 saturated heterocycles. The number of benzene rings is 2. The van der Waals surface area contributed by atoms with Gasteiger partial charge in [0.25, 0.3) is 0 Å². The maximum Gasteiger partial charge on any atom is 0.339 e. The molecule has 0 aliphatic carbocycles. The van der Waals surface area contributed by atoms with Crippen LogP contribution in [-0.4, -0.2) is 48.9 Å². The number of nitrogens with one attached hydrogen (secondary N) is 1. The Kier molecular flexibility index (Phi) is 15.2. The van der Waals surface area contributed by atoms with E-state index >= 15 is 0 Å². The molecule has 0 heterocycles. The third kappa shape index (κ3) is 13.2. The fourth-order valence-corrected chi connectivity index (χ4v) is 3.43. The van der Waals surface area contributed by atoms with E-state index in [1.807, 2.05) is 0 Å². The number of amides is 1. The van der Waals surface area contributed by atoms with Gasteiger partial charge in [-0.1, -0.05) is 52.0 Å². The molecule has 0 fully saturated rings. The zero-order valence-corrected chi connectivity index (χ0v) is 25.5. The molecule has 10 nitrogen and oxygen atoms in total. The molecule has 2 aromatic carbocycles. The maximum absolute atomic E-state index is 12.2. The quantitative estimate of drug-likeness (QED) is 0.226. The second-order valence-corrected chi connectivity index (χ2v) is 10.7. The molecule has 2 rings (SSSR count). The smallest absolute Gasteiger partial charge is 0.339 e. The topological polar surface area (TPSA) is 159 Å². The van der Waals surface area contributed by atoms with Gasteiger partial charge < -0.3 is 20.5 Å². The number of hydrogen-bond acceptors (Lipinski definition) is 9. The maximum atomic E-state index is 12.2. The zero-order chi connectivity index (χ0) is 32.0. The van der Waals surface area contributed by atoms with Gasteiger partial charge in [-0.15, -0.1) is 0 Å². The van der Waals surface area contributed by atoms with Crippen LogP contribution in [0.15, 0.2) is 48.5 Å². The van der Waals surface area contributed by atoms with E-state index in [1.165, 1.54) is 28.1 Å². The molecule has 3 N–H and O–H groups in total. The lowest BCUT2D eigenvalue weighted by molar-refractivity contribution is -0.129. The molecule has 2 aromatic rings. The third-order valence-electron chi connectivity index (χ3n) is 5.48. The minimum atomic E-state index is -0.838. The Morgan fingerprint density at radius 1 is 0.732 bits per heavy atom. The number of rotatable bonds is 9. The molecule has 224 valence electrons. The summed E-state index contributed by atoms with van der Waals surface area (Å²) in [6.45, 7) is 9.57. The summed E-state index contributed by atoms with van der Waals surface area (Å²) in [5, 5.41) is 2.22. The number of ether oxygens (including phenoxy) is 2. The van der Waals surface area contributed by atoms with Gasteiger partial charge >= 0.3 is 11.9 Å². The number of ketones is 2. The minimum absolute atomic E-state index is 0.0148. The standard InChI is InChI=1S/C15H19NO4.C8H9NO2.C7H11ClO2/c1-10(17)9-15(2,3)14(19)16-12-8-6-5-7-11(12)13(18)20-4;1-11-8(10)6-4-2-3-5-7(6)9;1-5(9)4-7(2,3)6(8)10/h5-8H,9H2,1-4H3,(H,16,19);2-5H,9H2,1H3;4H2,1-3H3. The number of nitrogen functional groups attached to an aromatic ring is 1. The van der Waals surface area contributed by atoms with Gasteiger partial charge in [-0.05, 0) is 49.7 Å². The summed E-state index contributed by atoms with van der Waals surface area (Å²) in [5.41, 5.74) is 5.47. The predicted molar refractivity (Wildman–Crippen MR) is 158 cm³/mol. The Balaban J connectivity index is 0.000000644. The minimum Gasteiger partial charge on any atom is -0.465 e. The Morgan fingerprint density at radius 2 is 1.15 bits per heavy atom. The van der Waals surface area contributed by atoms with Gasteiger partial charge in [-0.25, -0.2) is 9.59 Å². The van der Waals surface area contributed by atoms with E-state index in [0.717, 1.165) is 0 Å². The van der Waals surface area contributed by atoms with Crippen molar-refractivity contribution in [3.8, 4) is 0 Å². The van der Waals surface area contributed by atoms with Crippen molar-refractivity contribution in [2.75, 3.05) is 25.3 Å². The van der Waals surface area contributed by atoms with Crippen molar-refractivity contribution in [2.45, 2.75) is 54.4 Å². The van der Waals surface area contributed by atoms with Gasteiger partial charge in [0.1, 0.15) is 11.6 Å². The Morgan fingerprint density at radius 3 is 1.56 bits per heavy atom. The highest BCUT2D eigenvalue weighted by Gasteiger charge is 2.30. The molecule has 0 bridgehead atoms. The highest BCUT2D eigenvalue weighted by Crippen LogP contribution is 2.25. The van der Waals surface area contributed by atoms with Crippen LogP contribution >= 0.6 is 11.6 Å². The zero-order valence-electron chi connectivity index (χ0n) is 24.8. The van der Waals surface area contributed by atoms with Crippen LogP contribution in [-0.2, 0) is 28.7 Å². The van der Waals surface area contributed by atoms with E-state index < -0.39 is 28.0 Å². The van der Waals surface area contributed by atoms with Crippen molar-refractivity contribution in [2.24, 2.45) is 10.8 Å². The van der Waals surface area contributed by atoms with Crippen LogP contribution in [0.3, 0.4) is 0 Å². The number of Topliss-reactive ketones (excluding diaryl/α,β-unsaturated/α-hetero) is 2. The van der Waals surface area contributed by atoms with Crippen molar-refractivity contribution in [3.63, 3.8) is 0 Å². The van der Waals surface area contributed by atoms with E-state index in [-0.39, 0.29) is 35.9 Å². The van der Waals surface area contributed by atoms with Gasteiger partial charge in [0.2, 0.25) is 11.1 Å². The molecule has 0 aromatic heterocycles. The summed E-state index contributed by atoms with van der Waals surface area (Å²) in [6.07, 6.45) is 0.356. The third-order valence-corrected chi connectivity index (χ3v) is 5.99. The van der Waals surface area contributed by atoms with Crippen LogP contribution in [0.1, 0.15) is 75.1 Å². The summed E-state index contributed by atoms with van der Waals surface area (Å²) in [5.74, 6) is -1.32. The Bertz CT molecular complexity index is 1250.